The number of para-hydroxylation sites is 1. The Labute approximate surface area is 128 Å². The van der Waals surface area contributed by atoms with Crippen LogP contribution in [0.2, 0.25) is 5.02 Å². The second kappa shape index (κ2) is 6.91. The van der Waals surface area contributed by atoms with E-state index in [0.29, 0.717) is 18.0 Å². The zero-order valence-electron chi connectivity index (χ0n) is 12.2. The molecule has 0 spiro atoms. The minimum atomic E-state index is -0.394. The summed E-state index contributed by atoms with van der Waals surface area (Å²) in [6.07, 6.45) is 1.30. The van der Waals surface area contributed by atoms with Crippen molar-refractivity contribution in [3.05, 3.63) is 46.0 Å². The molecule has 0 radical (unpaired) electrons. The van der Waals surface area contributed by atoms with Crippen LogP contribution in [0.3, 0.4) is 0 Å². The summed E-state index contributed by atoms with van der Waals surface area (Å²) in [5.74, 6) is -0.159. The molecule has 114 valence electrons. The molecule has 2 aromatic rings. The first kappa shape index (κ1) is 15.8. The van der Waals surface area contributed by atoms with Crippen molar-refractivity contribution >= 4 is 11.6 Å². The summed E-state index contributed by atoms with van der Waals surface area (Å²) in [7, 11) is 1.80. The number of aryl methyl sites for hydroxylation is 2. The molecule has 0 bridgehead atoms. The Bertz CT molecular complexity index is 628. The topological polar surface area (TPSA) is 53.1 Å². The van der Waals surface area contributed by atoms with E-state index in [4.69, 9.17) is 22.1 Å². The van der Waals surface area contributed by atoms with Crippen LogP contribution in [0.5, 0.6) is 5.75 Å². The molecule has 4 nitrogen and oxygen atoms in total. The number of aromatic nitrogens is 2. The molecule has 0 aliphatic heterocycles. The Morgan fingerprint density at radius 1 is 1.43 bits per heavy atom. The molecule has 2 N–H and O–H groups in total. The molecule has 0 atom stereocenters. The summed E-state index contributed by atoms with van der Waals surface area (Å²) >= 11 is 6.26. The van der Waals surface area contributed by atoms with E-state index in [0.717, 1.165) is 23.4 Å². The van der Waals surface area contributed by atoms with Crippen LogP contribution in [0.4, 0.5) is 4.39 Å². The molecule has 2 rings (SSSR count). The smallest absolute Gasteiger partial charge is 0.165 e. The fraction of sp³-hybridized carbons (Fsp3) is 0.400. The zero-order chi connectivity index (χ0) is 15.4. The highest BCUT2D eigenvalue weighted by Crippen LogP contribution is 2.26. The third-order valence-electron chi connectivity index (χ3n) is 3.32. The first-order chi connectivity index (χ1) is 10.1. The Hall–Kier alpha value is -1.59. The van der Waals surface area contributed by atoms with E-state index in [2.05, 4.69) is 5.10 Å². The van der Waals surface area contributed by atoms with Gasteiger partial charge in [0.25, 0.3) is 0 Å². The average molecular weight is 312 g/mol. The molecule has 0 unspecified atom stereocenters. The van der Waals surface area contributed by atoms with Gasteiger partial charge in [0.2, 0.25) is 0 Å². The first-order valence-electron chi connectivity index (χ1n) is 6.89. The second-order valence-electron chi connectivity index (χ2n) is 4.74. The van der Waals surface area contributed by atoms with Crippen LogP contribution >= 0.6 is 11.6 Å². The van der Waals surface area contributed by atoms with Gasteiger partial charge < -0.3 is 10.5 Å². The van der Waals surface area contributed by atoms with Crippen molar-refractivity contribution in [3.8, 4) is 5.75 Å². The number of halogens is 2. The van der Waals surface area contributed by atoms with Gasteiger partial charge in [0, 0.05) is 7.05 Å². The van der Waals surface area contributed by atoms with Gasteiger partial charge in [-0.15, -0.1) is 0 Å². The Kier molecular flexibility index (Phi) is 5.20. The van der Waals surface area contributed by atoms with Crippen molar-refractivity contribution in [1.82, 2.24) is 9.78 Å². The predicted molar refractivity (Wildman–Crippen MR) is 81.1 cm³/mol. The Morgan fingerprint density at radius 3 is 2.81 bits per heavy atom. The number of hydrogen-bond donors (Lipinski definition) is 1. The van der Waals surface area contributed by atoms with E-state index < -0.39 is 5.82 Å². The van der Waals surface area contributed by atoms with Gasteiger partial charge in [0.05, 0.1) is 16.4 Å². The van der Waals surface area contributed by atoms with E-state index in [9.17, 15) is 4.39 Å². The Morgan fingerprint density at radius 2 is 2.19 bits per heavy atom. The van der Waals surface area contributed by atoms with E-state index in [-0.39, 0.29) is 12.4 Å². The van der Waals surface area contributed by atoms with E-state index >= 15 is 0 Å². The zero-order valence-corrected chi connectivity index (χ0v) is 13.0. The third kappa shape index (κ3) is 3.36. The third-order valence-corrected chi connectivity index (χ3v) is 3.75. The number of ether oxygens (including phenoxy) is 1. The summed E-state index contributed by atoms with van der Waals surface area (Å²) < 4.78 is 21.2. The lowest BCUT2D eigenvalue weighted by Gasteiger charge is -2.12. The molecule has 0 saturated carbocycles. The lowest BCUT2D eigenvalue weighted by molar-refractivity contribution is 0.277. The van der Waals surface area contributed by atoms with Crippen LogP contribution in [-0.4, -0.2) is 16.3 Å². The van der Waals surface area contributed by atoms with Crippen molar-refractivity contribution in [2.45, 2.75) is 26.4 Å². The molecular weight excluding hydrogens is 293 g/mol. The van der Waals surface area contributed by atoms with Crippen molar-refractivity contribution in [2.75, 3.05) is 6.54 Å². The molecule has 0 aliphatic rings. The minimum Gasteiger partial charge on any atom is -0.484 e. The number of nitrogens with zero attached hydrogens (tertiary/aromatic N) is 2. The van der Waals surface area contributed by atoms with Gasteiger partial charge >= 0.3 is 0 Å². The fourth-order valence-corrected chi connectivity index (χ4v) is 2.53. The summed E-state index contributed by atoms with van der Waals surface area (Å²) in [5.41, 5.74) is 7.84. The average Bonchev–Trinajstić information content (AvgIpc) is 2.73. The van der Waals surface area contributed by atoms with Gasteiger partial charge in [0.1, 0.15) is 6.61 Å². The molecule has 1 heterocycles. The van der Waals surface area contributed by atoms with Gasteiger partial charge in [-0.2, -0.15) is 5.10 Å². The molecule has 1 aromatic heterocycles. The molecule has 0 saturated heterocycles. The standard InChI is InChI=1S/C15H19ClFN3O/c1-3-12-14(16)13(20(2)19-12)9-21-15-10(7-8-18)5-4-6-11(15)17/h4-6H,3,7-9,18H2,1-2H3. The van der Waals surface area contributed by atoms with Crippen molar-refractivity contribution in [2.24, 2.45) is 12.8 Å². The predicted octanol–water partition coefficient (Wildman–Crippen LogP) is 2.86. The van der Waals surface area contributed by atoms with Gasteiger partial charge in [-0.1, -0.05) is 30.7 Å². The molecule has 0 aliphatic carbocycles. The SMILES string of the molecule is CCc1nn(C)c(COc2c(F)cccc2CCN)c1Cl. The largest absolute Gasteiger partial charge is 0.484 e. The van der Waals surface area contributed by atoms with E-state index in [1.54, 1.807) is 17.8 Å². The van der Waals surface area contributed by atoms with Crippen LogP contribution in [0.1, 0.15) is 23.9 Å². The van der Waals surface area contributed by atoms with Crippen LogP contribution in [-0.2, 0) is 26.5 Å². The first-order valence-corrected chi connectivity index (χ1v) is 7.26. The second-order valence-corrected chi connectivity index (χ2v) is 5.12. The number of rotatable bonds is 6. The fourth-order valence-electron chi connectivity index (χ4n) is 2.18. The van der Waals surface area contributed by atoms with Crippen molar-refractivity contribution < 1.29 is 9.13 Å². The van der Waals surface area contributed by atoms with Crippen LogP contribution in [0.15, 0.2) is 18.2 Å². The van der Waals surface area contributed by atoms with Gasteiger partial charge in [0.15, 0.2) is 11.6 Å². The van der Waals surface area contributed by atoms with Gasteiger partial charge in [-0.05, 0) is 31.0 Å². The van der Waals surface area contributed by atoms with Crippen LogP contribution in [0, 0.1) is 5.82 Å². The maximum atomic E-state index is 13.9. The van der Waals surface area contributed by atoms with Gasteiger partial charge in [-0.25, -0.2) is 4.39 Å². The maximum Gasteiger partial charge on any atom is 0.165 e. The van der Waals surface area contributed by atoms with Crippen LogP contribution < -0.4 is 10.5 Å². The van der Waals surface area contributed by atoms with Gasteiger partial charge in [-0.3, -0.25) is 4.68 Å². The maximum absolute atomic E-state index is 13.9. The summed E-state index contributed by atoms with van der Waals surface area (Å²) in [5, 5.41) is 4.89. The summed E-state index contributed by atoms with van der Waals surface area (Å²) in [4.78, 5) is 0. The number of nitrogens with two attached hydrogens (primary N) is 1. The molecular formula is C15H19ClFN3O. The highest BCUT2D eigenvalue weighted by molar-refractivity contribution is 6.31. The van der Waals surface area contributed by atoms with E-state index in [1.165, 1.54) is 6.07 Å². The van der Waals surface area contributed by atoms with Crippen molar-refractivity contribution in [1.29, 1.82) is 0 Å². The summed E-state index contributed by atoms with van der Waals surface area (Å²) in [6, 6.07) is 4.84. The highest BCUT2D eigenvalue weighted by Gasteiger charge is 2.15. The molecule has 21 heavy (non-hydrogen) atoms. The minimum absolute atomic E-state index is 0.167. The monoisotopic (exact) mass is 311 g/mol. The molecule has 0 fully saturated rings. The normalized spacial score (nSPS) is 10.9. The van der Waals surface area contributed by atoms with Crippen LogP contribution in [0.25, 0.3) is 0 Å². The Balaban J connectivity index is 2.22. The lowest BCUT2D eigenvalue weighted by Crippen LogP contribution is -2.08. The number of benzene rings is 1. The lowest BCUT2D eigenvalue weighted by atomic mass is 10.1. The van der Waals surface area contributed by atoms with Crippen molar-refractivity contribution in [3.63, 3.8) is 0 Å². The molecule has 1 aromatic carbocycles. The quantitative estimate of drug-likeness (QED) is 0.892. The molecule has 6 heteroatoms. The summed E-state index contributed by atoms with van der Waals surface area (Å²) in [6.45, 7) is 2.59. The van der Waals surface area contributed by atoms with E-state index in [1.807, 2.05) is 13.0 Å². The highest BCUT2D eigenvalue weighted by atomic mass is 35.5. The number of hydrogen-bond acceptors (Lipinski definition) is 3. The molecule has 0 amide bonds.